The molecule has 0 radical (unpaired) electrons. The predicted octanol–water partition coefficient (Wildman–Crippen LogP) is 1.79. The van der Waals surface area contributed by atoms with Gasteiger partial charge >= 0.3 is 6.03 Å². The first kappa shape index (κ1) is 17.5. The molecule has 0 aliphatic heterocycles. The Morgan fingerprint density at radius 1 is 1.28 bits per heavy atom. The number of nitrogens with one attached hydrogen (secondary N) is 2. The Labute approximate surface area is 149 Å². The van der Waals surface area contributed by atoms with E-state index in [0.717, 1.165) is 37.4 Å². The minimum atomic E-state index is -0.460. The van der Waals surface area contributed by atoms with Crippen LogP contribution in [0.5, 0.6) is 0 Å². The fourth-order valence-electron chi connectivity index (χ4n) is 2.91. The van der Waals surface area contributed by atoms with E-state index in [2.05, 4.69) is 15.6 Å². The summed E-state index contributed by atoms with van der Waals surface area (Å²) in [7, 11) is 1.62. The molecule has 0 atom stereocenters. The highest BCUT2D eigenvalue weighted by Crippen LogP contribution is 2.18. The molecule has 2 aromatic rings. The third kappa shape index (κ3) is 4.19. The van der Waals surface area contributed by atoms with Gasteiger partial charge in [0.05, 0.1) is 16.7 Å². The molecule has 3 amide bonds. The maximum Gasteiger partial charge on any atom is 0.321 e. The number of carbonyl (C=O) groups excluding carboxylic acids is 2. The summed E-state index contributed by atoms with van der Waals surface area (Å²) in [6.07, 6.45) is 4.13. The van der Waals surface area contributed by atoms with Gasteiger partial charge in [0, 0.05) is 13.1 Å². The van der Waals surface area contributed by atoms with Gasteiger partial charge in [-0.15, -0.1) is 0 Å². The van der Waals surface area contributed by atoms with E-state index < -0.39 is 11.9 Å². The third-order valence-corrected chi connectivity index (χ3v) is 5.25. The van der Waals surface area contributed by atoms with E-state index in [0.29, 0.717) is 16.1 Å². The molecule has 132 valence electrons. The van der Waals surface area contributed by atoms with Crippen molar-refractivity contribution in [3.05, 3.63) is 34.6 Å². The molecule has 1 aromatic heterocycles. The van der Waals surface area contributed by atoms with E-state index in [-0.39, 0.29) is 17.4 Å². The Balaban J connectivity index is 1.60. The molecule has 0 saturated heterocycles. The standard InChI is InChI=1S/C17H20N4O3S/c1-21-15(23)12-8-4-5-9-13(12)19-17(21)25-10-14(22)20-16(24)18-11-6-2-3-7-11/h4-5,8-9,11H,2-3,6-7,10H2,1H3,(H2,18,20,22,24). The zero-order valence-electron chi connectivity index (χ0n) is 13.9. The number of hydrogen-bond donors (Lipinski definition) is 2. The fraction of sp³-hybridized carbons (Fsp3) is 0.412. The van der Waals surface area contributed by atoms with E-state index in [1.807, 2.05) is 6.07 Å². The first-order valence-corrected chi connectivity index (χ1v) is 9.22. The number of benzene rings is 1. The van der Waals surface area contributed by atoms with E-state index in [9.17, 15) is 14.4 Å². The van der Waals surface area contributed by atoms with Crippen molar-refractivity contribution in [2.75, 3.05) is 5.75 Å². The first-order valence-electron chi connectivity index (χ1n) is 8.23. The summed E-state index contributed by atoms with van der Waals surface area (Å²) in [5.41, 5.74) is 0.431. The fourth-order valence-corrected chi connectivity index (χ4v) is 3.68. The first-order chi connectivity index (χ1) is 12.0. The summed E-state index contributed by atoms with van der Waals surface area (Å²) in [4.78, 5) is 40.5. The van der Waals surface area contributed by atoms with E-state index in [1.165, 1.54) is 4.57 Å². The molecule has 1 aromatic carbocycles. The van der Waals surface area contributed by atoms with Crippen molar-refractivity contribution in [3.8, 4) is 0 Å². The number of carbonyl (C=O) groups is 2. The summed E-state index contributed by atoms with van der Waals surface area (Å²) < 4.78 is 1.42. The Kier molecular flexibility index (Phi) is 5.37. The number of thioether (sulfide) groups is 1. The molecule has 1 saturated carbocycles. The highest BCUT2D eigenvalue weighted by molar-refractivity contribution is 7.99. The Morgan fingerprint density at radius 3 is 2.76 bits per heavy atom. The molecule has 25 heavy (non-hydrogen) atoms. The summed E-state index contributed by atoms with van der Waals surface area (Å²) in [6.45, 7) is 0. The number of urea groups is 1. The number of rotatable bonds is 4. The molecule has 0 spiro atoms. The largest absolute Gasteiger partial charge is 0.335 e. The van der Waals surface area contributed by atoms with Crippen LogP contribution in [0.25, 0.3) is 10.9 Å². The minimum Gasteiger partial charge on any atom is -0.335 e. The monoisotopic (exact) mass is 360 g/mol. The highest BCUT2D eigenvalue weighted by Gasteiger charge is 2.18. The van der Waals surface area contributed by atoms with Crippen LogP contribution in [0.4, 0.5) is 4.79 Å². The van der Waals surface area contributed by atoms with Gasteiger partial charge in [-0.25, -0.2) is 9.78 Å². The van der Waals surface area contributed by atoms with Gasteiger partial charge in [-0.1, -0.05) is 36.7 Å². The number of imide groups is 1. The Bertz CT molecular complexity index is 859. The molecule has 2 N–H and O–H groups in total. The predicted molar refractivity (Wildman–Crippen MR) is 96.6 cm³/mol. The van der Waals surface area contributed by atoms with Crippen LogP contribution < -0.4 is 16.2 Å². The van der Waals surface area contributed by atoms with Crippen LogP contribution in [0, 0.1) is 0 Å². The molecule has 1 aliphatic rings. The van der Waals surface area contributed by atoms with Gasteiger partial charge in [0.1, 0.15) is 0 Å². The van der Waals surface area contributed by atoms with E-state index in [4.69, 9.17) is 0 Å². The van der Waals surface area contributed by atoms with Crippen molar-refractivity contribution < 1.29 is 9.59 Å². The molecule has 7 nitrogen and oxygen atoms in total. The lowest BCUT2D eigenvalue weighted by atomic mass is 10.2. The van der Waals surface area contributed by atoms with Crippen molar-refractivity contribution in [1.29, 1.82) is 0 Å². The lowest BCUT2D eigenvalue weighted by Gasteiger charge is -2.12. The molecule has 8 heteroatoms. The summed E-state index contributed by atoms with van der Waals surface area (Å²) in [5, 5.41) is 6.10. The van der Waals surface area contributed by atoms with Crippen LogP contribution in [0.3, 0.4) is 0 Å². The second kappa shape index (κ2) is 7.69. The summed E-state index contributed by atoms with van der Waals surface area (Å²) >= 11 is 1.13. The molecule has 0 unspecified atom stereocenters. The Hall–Kier alpha value is -2.35. The SMILES string of the molecule is Cn1c(SCC(=O)NC(=O)NC2CCCC2)nc2ccccc2c1=O. The van der Waals surface area contributed by atoms with Crippen molar-refractivity contribution in [2.45, 2.75) is 36.9 Å². The van der Waals surface area contributed by atoms with Gasteiger partial charge in [-0.3, -0.25) is 19.5 Å². The van der Waals surface area contributed by atoms with Gasteiger partial charge in [0.2, 0.25) is 5.91 Å². The smallest absolute Gasteiger partial charge is 0.321 e. The lowest BCUT2D eigenvalue weighted by Crippen LogP contribution is -2.44. The molecular weight excluding hydrogens is 340 g/mol. The Morgan fingerprint density at radius 2 is 2.00 bits per heavy atom. The van der Waals surface area contributed by atoms with Crippen LogP contribution in [-0.4, -0.2) is 33.3 Å². The molecule has 1 fully saturated rings. The van der Waals surface area contributed by atoms with Gasteiger partial charge in [-0.05, 0) is 25.0 Å². The van der Waals surface area contributed by atoms with Crippen molar-refractivity contribution in [3.63, 3.8) is 0 Å². The second-order valence-electron chi connectivity index (χ2n) is 6.07. The molecular formula is C17H20N4O3S. The summed E-state index contributed by atoms with van der Waals surface area (Å²) in [5.74, 6) is -0.403. The van der Waals surface area contributed by atoms with Crippen LogP contribution in [0.15, 0.2) is 34.2 Å². The maximum atomic E-state index is 12.3. The second-order valence-corrected chi connectivity index (χ2v) is 7.01. The highest BCUT2D eigenvalue weighted by atomic mass is 32.2. The number of amides is 3. The van der Waals surface area contributed by atoms with Crippen LogP contribution in [-0.2, 0) is 11.8 Å². The number of para-hydroxylation sites is 1. The van der Waals surface area contributed by atoms with Crippen LogP contribution in [0.2, 0.25) is 0 Å². The van der Waals surface area contributed by atoms with Crippen LogP contribution in [0.1, 0.15) is 25.7 Å². The molecule has 1 aliphatic carbocycles. The van der Waals surface area contributed by atoms with Crippen molar-refractivity contribution >= 4 is 34.6 Å². The molecule has 0 bridgehead atoms. The topological polar surface area (TPSA) is 93.1 Å². The molecule has 1 heterocycles. The van der Waals surface area contributed by atoms with E-state index in [1.54, 1.807) is 25.2 Å². The number of fused-ring (bicyclic) bond motifs is 1. The summed E-state index contributed by atoms with van der Waals surface area (Å²) in [6, 6.07) is 6.77. The normalized spacial score (nSPS) is 14.6. The zero-order chi connectivity index (χ0) is 17.8. The number of aromatic nitrogens is 2. The van der Waals surface area contributed by atoms with Crippen LogP contribution >= 0.6 is 11.8 Å². The van der Waals surface area contributed by atoms with Crippen molar-refractivity contribution in [2.24, 2.45) is 7.05 Å². The number of nitrogens with zero attached hydrogens (tertiary/aromatic N) is 2. The average molecular weight is 360 g/mol. The zero-order valence-corrected chi connectivity index (χ0v) is 14.8. The maximum absolute atomic E-state index is 12.3. The van der Waals surface area contributed by atoms with Crippen molar-refractivity contribution in [1.82, 2.24) is 20.2 Å². The number of hydrogen-bond acceptors (Lipinski definition) is 5. The quantitative estimate of drug-likeness (QED) is 0.640. The van der Waals surface area contributed by atoms with E-state index >= 15 is 0 Å². The molecule has 3 rings (SSSR count). The lowest BCUT2D eigenvalue weighted by molar-refractivity contribution is -0.117. The van der Waals surface area contributed by atoms with Gasteiger partial charge < -0.3 is 5.32 Å². The van der Waals surface area contributed by atoms with Gasteiger partial charge in [-0.2, -0.15) is 0 Å². The van der Waals surface area contributed by atoms with Gasteiger partial charge in [0.25, 0.3) is 5.56 Å². The third-order valence-electron chi connectivity index (χ3n) is 4.22. The minimum absolute atomic E-state index is 0.0106. The van der Waals surface area contributed by atoms with Gasteiger partial charge in [0.15, 0.2) is 5.16 Å². The average Bonchev–Trinajstić information content (AvgIpc) is 3.09.